The molecule has 13 heavy (non-hydrogen) atoms. The van der Waals surface area contributed by atoms with Gasteiger partial charge in [0.15, 0.2) is 0 Å². The first-order valence-electron chi connectivity index (χ1n) is 5.25. The van der Waals surface area contributed by atoms with Crippen LogP contribution in [0.4, 0.5) is 0 Å². The van der Waals surface area contributed by atoms with Crippen LogP contribution < -0.4 is 0 Å². The fourth-order valence-corrected chi connectivity index (χ4v) is 2.19. The van der Waals surface area contributed by atoms with Crippen molar-refractivity contribution in [2.75, 3.05) is 0 Å². The lowest BCUT2D eigenvalue weighted by Crippen LogP contribution is -2.43. The molecule has 2 heteroatoms. The van der Waals surface area contributed by atoms with Gasteiger partial charge in [0.1, 0.15) is 0 Å². The Morgan fingerprint density at radius 2 is 2.15 bits per heavy atom. The van der Waals surface area contributed by atoms with Crippen LogP contribution >= 0.6 is 0 Å². The molecule has 1 fully saturated rings. The van der Waals surface area contributed by atoms with E-state index in [1.54, 1.807) is 0 Å². The van der Waals surface area contributed by atoms with E-state index < -0.39 is 11.5 Å². The van der Waals surface area contributed by atoms with Crippen LogP contribution in [-0.4, -0.2) is 11.2 Å². The Kier molecular flexibility index (Phi) is 3.33. The van der Waals surface area contributed by atoms with Gasteiger partial charge >= 0.3 is 0 Å². The minimum Gasteiger partial charge on any atom is -0.391 e. The topological polar surface area (TPSA) is 44.0 Å². The molecule has 0 saturated heterocycles. The maximum absolute atomic E-state index is 10.00. The molecule has 1 rings (SSSR count). The van der Waals surface area contributed by atoms with Gasteiger partial charge in [-0.05, 0) is 25.2 Å². The van der Waals surface area contributed by atoms with Crippen molar-refractivity contribution < 1.29 is 5.11 Å². The number of aliphatic hydroxyl groups is 1. The Hall–Kier alpha value is -0.550. The van der Waals surface area contributed by atoms with Crippen molar-refractivity contribution in [1.82, 2.24) is 0 Å². The van der Waals surface area contributed by atoms with Crippen molar-refractivity contribution in [3.05, 3.63) is 0 Å². The van der Waals surface area contributed by atoms with Gasteiger partial charge in [-0.1, -0.05) is 26.7 Å². The fourth-order valence-electron chi connectivity index (χ4n) is 2.19. The van der Waals surface area contributed by atoms with Crippen LogP contribution in [0.3, 0.4) is 0 Å². The van der Waals surface area contributed by atoms with E-state index in [9.17, 15) is 5.11 Å². The molecule has 1 aliphatic rings. The van der Waals surface area contributed by atoms with Crippen LogP contribution in [-0.2, 0) is 0 Å². The van der Waals surface area contributed by atoms with Crippen molar-refractivity contribution in [3.63, 3.8) is 0 Å². The van der Waals surface area contributed by atoms with Crippen LogP contribution in [0.25, 0.3) is 0 Å². The lowest BCUT2D eigenvalue weighted by atomic mass is 9.63. The molecule has 1 saturated carbocycles. The normalized spacial score (nSPS) is 24.2. The molecular weight excluding hydrogens is 162 g/mol. The van der Waals surface area contributed by atoms with Gasteiger partial charge in [0.25, 0.3) is 0 Å². The minimum absolute atomic E-state index is 0.268. The largest absolute Gasteiger partial charge is 0.391 e. The summed E-state index contributed by atoms with van der Waals surface area (Å²) in [6.45, 7) is 4.16. The van der Waals surface area contributed by atoms with Crippen molar-refractivity contribution >= 4 is 0 Å². The summed E-state index contributed by atoms with van der Waals surface area (Å²) in [5, 5.41) is 19.0. The van der Waals surface area contributed by atoms with Crippen LogP contribution in [0.5, 0.6) is 0 Å². The van der Waals surface area contributed by atoms with Gasteiger partial charge in [0.05, 0.1) is 17.6 Å². The van der Waals surface area contributed by atoms with Crippen molar-refractivity contribution in [1.29, 1.82) is 5.26 Å². The molecule has 2 atom stereocenters. The molecule has 0 bridgehead atoms. The van der Waals surface area contributed by atoms with Crippen molar-refractivity contribution in [3.8, 4) is 6.07 Å². The van der Waals surface area contributed by atoms with Gasteiger partial charge in [0.2, 0.25) is 0 Å². The number of hydrogen-bond donors (Lipinski definition) is 1. The molecule has 74 valence electrons. The summed E-state index contributed by atoms with van der Waals surface area (Å²) in [4.78, 5) is 0. The van der Waals surface area contributed by atoms with Crippen LogP contribution in [0.1, 0.15) is 46.0 Å². The summed E-state index contributed by atoms with van der Waals surface area (Å²) in [5.41, 5.74) is -0.394. The summed E-state index contributed by atoms with van der Waals surface area (Å²) in [6, 6.07) is 2.30. The van der Waals surface area contributed by atoms with E-state index >= 15 is 0 Å². The van der Waals surface area contributed by atoms with Gasteiger partial charge in [-0.25, -0.2) is 0 Å². The van der Waals surface area contributed by atoms with E-state index in [1.165, 1.54) is 0 Å². The average molecular weight is 181 g/mol. The molecule has 2 unspecified atom stereocenters. The van der Waals surface area contributed by atoms with Crippen molar-refractivity contribution in [2.45, 2.75) is 52.1 Å². The number of rotatable bonds is 4. The maximum atomic E-state index is 10.00. The first-order valence-corrected chi connectivity index (χ1v) is 5.25. The third-order valence-corrected chi connectivity index (χ3v) is 3.32. The van der Waals surface area contributed by atoms with Crippen molar-refractivity contribution in [2.24, 2.45) is 11.3 Å². The van der Waals surface area contributed by atoms with E-state index in [1.807, 2.05) is 6.92 Å². The predicted molar refractivity (Wildman–Crippen MR) is 52.0 cm³/mol. The lowest BCUT2D eigenvalue weighted by molar-refractivity contribution is -0.0280. The second kappa shape index (κ2) is 4.11. The van der Waals surface area contributed by atoms with Crippen LogP contribution in [0.15, 0.2) is 0 Å². The highest BCUT2D eigenvalue weighted by Gasteiger charge is 2.45. The Morgan fingerprint density at radius 3 is 2.46 bits per heavy atom. The monoisotopic (exact) mass is 181 g/mol. The van der Waals surface area contributed by atoms with Gasteiger partial charge < -0.3 is 5.11 Å². The fraction of sp³-hybridized carbons (Fsp3) is 0.909. The summed E-state index contributed by atoms with van der Waals surface area (Å²) >= 11 is 0. The first kappa shape index (κ1) is 10.5. The third kappa shape index (κ3) is 1.86. The van der Waals surface area contributed by atoms with Gasteiger partial charge in [-0.2, -0.15) is 5.26 Å². The molecule has 0 radical (unpaired) electrons. The minimum atomic E-state index is -0.411. The quantitative estimate of drug-likeness (QED) is 0.724. The molecule has 0 spiro atoms. The standard InChI is InChI=1S/C11H19NO/c1-3-5-9(2)10(13)11(8-12)6-4-7-11/h9-10,13H,3-7H2,1-2H3. The van der Waals surface area contributed by atoms with Gasteiger partial charge in [-0.3, -0.25) is 0 Å². The SMILES string of the molecule is CCCC(C)C(O)C1(C#N)CCC1. The Bertz CT molecular complexity index is 203. The van der Waals surface area contributed by atoms with E-state index in [0.29, 0.717) is 0 Å². The van der Waals surface area contributed by atoms with E-state index in [2.05, 4.69) is 13.0 Å². The summed E-state index contributed by atoms with van der Waals surface area (Å²) in [7, 11) is 0. The Labute approximate surface area is 80.6 Å². The average Bonchev–Trinajstić information content (AvgIpc) is 2.03. The number of hydrogen-bond acceptors (Lipinski definition) is 2. The predicted octanol–water partition coefficient (Wildman–Crippen LogP) is 2.48. The third-order valence-electron chi connectivity index (χ3n) is 3.32. The molecule has 0 amide bonds. The highest BCUT2D eigenvalue weighted by molar-refractivity contribution is 5.09. The molecule has 0 heterocycles. The van der Waals surface area contributed by atoms with E-state index in [4.69, 9.17) is 5.26 Å². The zero-order chi connectivity index (χ0) is 9.90. The Balaban J connectivity index is 2.55. The lowest BCUT2D eigenvalue weighted by Gasteiger charge is -2.41. The zero-order valence-electron chi connectivity index (χ0n) is 8.58. The molecule has 0 aromatic heterocycles. The van der Waals surface area contributed by atoms with Gasteiger partial charge in [-0.15, -0.1) is 0 Å². The van der Waals surface area contributed by atoms with Crippen LogP contribution in [0, 0.1) is 22.7 Å². The number of aliphatic hydroxyl groups excluding tert-OH is 1. The summed E-state index contributed by atoms with van der Waals surface area (Å²) in [5.74, 6) is 0.268. The molecule has 0 aliphatic heterocycles. The molecule has 1 aliphatic carbocycles. The summed E-state index contributed by atoms with van der Waals surface area (Å²) < 4.78 is 0. The molecule has 1 N–H and O–H groups in total. The smallest absolute Gasteiger partial charge is 0.0834 e. The van der Waals surface area contributed by atoms with E-state index in [0.717, 1.165) is 32.1 Å². The van der Waals surface area contributed by atoms with Gasteiger partial charge in [0, 0.05) is 0 Å². The zero-order valence-corrected chi connectivity index (χ0v) is 8.58. The highest BCUT2D eigenvalue weighted by Crippen LogP contribution is 2.45. The molecule has 2 nitrogen and oxygen atoms in total. The second-order valence-electron chi connectivity index (χ2n) is 4.33. The first-order chi connectivity index (χ1) is 6.16. The van der Waals surface area contributed by atoms with E-state index in [-0.39, 0.29) is 5.92 Å². The molecule has 0 aromatic rings. The summed E-state index contributed by atoms with van der Waals surface area (Å²) in [6.07, 6.45) is 4.57. The molecular formula is C11H19NO. The Morgan fingerprint density at radius 1 is 1.54 bits per heavy atom. The second-order valence-corrected chi connectivity index (χ2v) is 4.33. The highest BCUT2D eigenvalue weighted by atomic mass is 16.3. The maximum Gasteiger partial charge on any atom is 0.0834 e. The van der Waals surface area contributed by atoms with Crippen LogP contribution in [0.2, 0.25) is 0 Å². The number of nitriles is 1. The molecule has 0 aromatic carbocycles. The number of nitrogens with zero attached hydrogens (tertiary/aromatic N) is 1.